The summed E-state index contributed by atoms with van der Waals surface area (Å²) in [5, 5.41) is 10.6. The lowest BCUT2D eigenvalue weighted by Gasteiger charge is -2.23. The molecule has 1 aromatic rings. The minimum atomic E-state index is 0.00510. The van der Waals surface area contributed by atoms with Crippen LogP contribution in [-0.2, 0) is 18.3 Å². The maximum Gasteiger partial charge on any atom is 0.122 e. The lowest BCUT2D eigenvalue weighted by atomic mass is 9.83. The Balaban J connectivity index is 2.73. The largest absolute Gasteiger partial charge is 0.507 e. The smallest absolute Gasteiger partial charge is 0.122 e. The number of hydrogen-bond acceptors (Lipinski definition) is 1. The summed E-state index contributed by atoms with van der Waals surface area (Å²) in [7, 11) is 0. The van der Waals surface area contributed by atoms with E-state index in [2.05, 4.69) is 46.8 Å². The highest BCUT2D eigenvalue weighted by Crippen LogP contribution is 2.35. The molecule has 1 N–H and O–H groups in total. The monoisotopic (exact) mass is 290 g/mol. The highest BCUT2D eigenvalue weighted by Gasteiger charge is 2.20. The average Bonchev–Trinajstić information content (AvgIpc) is 2.43. The number of hydrogen-bond donors (Lipinski definition) is 1. The highest BCUT2D eigenvalue weighted by molar-refractivity contribution is 5.47. The van der Waals surface area contributed by atoms with E-state index < -0.39 is 0 Å². The number of unbranched alkanes of at least 4 members (excludes halogenated alkanes) is 5. The van der Waals surface area contributed by atoms with Crippen molar-refractivity contribution >= 4 is 0 Å². The molecule has 0 aliphatic heterocycles. The molecular weight excluding hydrogens is 256 g/mol. The second kappa shape index (κ2) is 8.46. The first kappa shape index (κ1) is 18.1. The molecule has 0 aromatic heterocycles. The molecule has 0 aliphatic carbocycles. The van der Waals surface area contributed by atoms with Crippen molar-refractivity contribution in [1.29, 1.82) is 0 Å². The van der Waals surface area contributed by atoms with Crippen LogP contribution < -0.4 is 0 Å². The Morgan fingerprint density at radius 2 is 1.52 bits per heavy atom. The molecular formula is C20H34O. The molecule has 0 bridgehead atoms. The van der Waals surface area contributed by atoms with Crippen LogP contribution in [-0.4, -0.2) is 5.11 Å². The van der Waals surface area contributed by atoms with Crippen LogP contribution in [0, 0.1) is 0 Å². The summed E-state index contributed by atoms with van der Waals surface area (Å²) in [5.74, 6) is 0.535. The second-order valence-electron chi connectivity index (χ2n) is 7.27. The molecule has 21 heavy (non-hydrogen) atoms. The van der Waals surface area contributed by atoms with Gasteiger partial charge in [0.15, 0.2) is 0 Å². The predicted molar refractivity (Wildman–Crippen MR) is 93.3 cm³/mol. The van der Waals surface area contributed by atoms with Gasteiger partial charge in [0.05, 0.1) is 0 Å². The molecule has 1 heteroatoms. The van der Waals surface area contributed by atoms with Gasteiger partial charge in [-0.25, -0.2) is 0 Å². The number of phenols is 1. The zero-order chi connectivity index (χ0) is 15.9. The van der Waals surface area contributed by atoms with E-state index in [1.165, 1.54) is 44.1 Å². The third-order valence-corrected chi connectivity index (χ3v) is 4.26. The first-order valence-electron chi connectivity index (χ1n) is 8.75. The Labute approximate surface area is 131 Å². The van der Waals surface area contributed by atoms with Crippen molar-refractivity contribution in [2.45, 2.75) is 91.4 Å². The van der Waals surface area contributed by atoms with E-state index in [0.29, 0.717) is 5.75 Å². The zero-order valence-electron chi connectivity index (χ0n) is 14.8. The van der Waals surface area contributed by atoms with E-state index >= 15 is 0 Å². The van der Waals surface area contributed by atoms with Gasteiger partial charge in [-0.2, -0.15) is 0 Å². The summed E-state index contributed by atoms with van der Waals surface area (Å²) < 4.78 is 0. The SMILES string of the molecule is CCCCCCCCc1cc(CC)cc(C(C)(C)C)c1O. The van der Waals surface area contributed by atoms with Gasteiger partial charge in [0.25, 0.3) is 0 Å². The Morgan fingerprint density at radius 3 is 2.10 bits per heavy atom. The lowest BCUT2D eigenvalue weighted by Crippen LogP contribution is -2.13. The van der Waals surface area contributed by atoms with Crippen LogP contribution in [0.15, 0.2) is 12.1 Å². The second-order valence-corrected chi connectivity index (χ2v) is 7.27. The standard InChI is InChI=1S/C20H34O/c1-6-8-9-10-11-12-13-17-14-16(7-2)15-18(19(17)21)20(3,4)5/h14-15,21H,6-13H2,1-5H3. The van der Waals surface area contributed by atoms with E-state index in [1.54, 1.807) is 0 Å². The topological polar surface area (TPSA) is 20.2 Å². The van der Waals surface area contributed by atoms with Crippen LogP contribution >= 0.6 is 0 Å². The van der Waals surface area contributed by atoms with Crippen LogP contribution in [0.25, 0.3) is 0 Å². The van der Waals surface area contributed by atoms with Gasteiger partial charge >= 0.3 is 0 Å². The van der Waals surface area contributed by atoms with Gasteiger partial charge in [0, 0.05) is 0 Å². The molecule has 1 aromatic carbocycles. The normalized spacial score (nSPS) is 11.9. The van der Waals surface area contributed by atoms with E-state index in [-0.39, 0.29) is 5.41 Å². The number of aromatic hydroxyl groups is 1. The summed E-state index contributed by atoms with van der Waals surface area (Å²) >= 11 is 0. The van der Waals surface area contributed by atoms with Crippen molar-refractivity contribution in [3.05, 3.63) is 28.8 Å². The Kier molecular flexibility index (Phi) is 7.28. The Morgan fingerprint density at radius 1 is 0.905 bits per heavy atom. The van der Waals surface area contributed by atoms with E-state index in [9.17, 15) is 5.11 Å². The molecule has 0 heterocycles. The molecule has 120 valence electrons. The number of rotatable bonds is 8. The third kappa shape index (κ3) is 5.73. The number of aryl methyl sites for hydroxylation is 2. The number of benzene rings is 1. The minimum Gasteiger partial charge on any atom is -0.507 e. The molecule has 0 aliphatic rings. The first-order chi connectivity index (χ1) is 9.90. The molecule has 1 nitrogen and oxygen atoms in total. The predicted octanol–water partition coefficient (Wildman–Crippen LogP) is 6.16. The van der Waals surface area contributed by atoms with Crippen molar-refractivity contribution in [2.75, 3.05) is 0 Å². The third-order valence-electron chi connectivity index (χ3n) is 4.26. The van der Waals surface area contributed by atoms with Crippen molar-refractivity contribution in [3.63, 3.8) is 0 Å². The highest BCUT2D eigenvalue weighted by atomic mass is 16.3. The molecule has 0 fully saturated rings. The molecule has 0 atom stereocenters. The maximum absolute atomic E-state index is 10.6. The van der Waals surface area contributed by atoms with Gasteiger partial charge in [0.2, 0.25) is 0 Å². The fourth-order valence-corrected chi connectivity index (χ4v) is 2.82. The van der Waals surface area contributed by atoms with Crippen molar-refractivity contribution in [1.82, 2.24) is 0 Å². The quantitative estimate of drug-likeness (QED) is 0.569. The van der Waals surface area contributed by atoms with Gasteiger partial charge in [-0.05, 0) is 41.4 Å². The van der Waals surface area contributed by atoms with E-state index in [1.807, 2.05) is 0 Å². The summed E-state index contributed by atoms with van der Waals surface area (Å²) in [6, 6.07) is 4.39. The van der Waals surface area contributed by atoms with Crippen LogP contribution in [0.4, 0.5) is 0 Å². The van der Waals surface area contributed by atoms with Crippen molar-refractivity contribution in [2.24, 2.45) is 0 Å². The molecule has 0 saturated carbocycles. The Bertz CT molecular complexity index is 426. The lowest BCUT2D eigenvalue weighted by molar-refractivity contribution is 0.438. The summed E-state index contributed by atoms with van der Waals surface area (Å²) in [6.07, 6.45) is 9.84. The summed E-state index contributed by atoms with van der Waals surface area (Å²) in [5.41, 5.74) is 3.60. The van der Waals surface area contributed by atoms with Crippen molar-refractivity contribution in [3.8, 4) is 5.75 Å². The van der Waals surface area contributed by atoms with Gasteiger partial charge in [-0.15, -0.1) is 0 Å². The van der Waals surface area contributed by atoms with E-state index in [4.69, 9.17) is 0 Å². The fraction of sp³-hybridized carbons (Fsp3) is 0.700. The van der Waals surface area contributed by atoms with Gasteiger partial charge in [-0.3, -0.25) is 0 Å². The minimum absolute atomic E-state index is 0.00510. The maximum atomic E-state index is 10.6. The van der Waals surface area contributed by atoms with E-state index in [0.717, 1.165) is 24.0 Å². The Hall–Kier alpha value is -0.980. The number of phenolic OH excluding ortho intramolecular Hbond substituents is 1. The molecule has 1 rings (SSSR count). The molecule has 0 radical (unpaired) electrons. The zero-order valence-corrected chi connectivity index (χ0v) is 14.8. The van der Waals surface area contributed by atoms with Gasteiger partial charge < -0.3 is 5.11 Å². The van der Waals surface area contributed by atoms with Crippen LogP contribution in [0.3, 0.4) is 0 Å². The molecule has 0 saturated heterocycles. The molecule has 0 unspecified atom stereocenters. The molecule has 0 spiro atoms. The summed E-state index contributed by atoms with van der Waals surface area (Å²) in [6.45, 7) is 11.0. The first-order valence-corrected chi connectivity index (χ1v) is 8.75. The summed E-state index contributed by atoms with van der Waals surface area (Å²) in [4.78, 5) is 0. The van der Waals surface area contributed by atoms with Crippen LogP contribution in [0.5, 0.6) is 5.75 Å². The molecule has 0 amide bonds. The average molecular weight is 290 g/mol. The van der Waals surface area contributed by atoms with Gasteiger partial charge in [-0.1, -0.05) is 78.9 Å². The van der Waals surface area contributed by atoms with Crippen LogP contribution in [0.2, 0.25) is 0 Å². The van der Waals surface area contributed by atoms with Gasteiger partial charge in [0.1, 0.15) is 5.75 Å². The van der Waals surface area contributed by atoms with Crippen LogP contribution in [0.1, 0.15) is 89.8 Å². The fourth-order valence-electron chi connectivity index (χ4n) is 2.82. The van der Waals surface area contributed by atoms with Crippen molar-refractivity contribution < 1.29 is 5.11 Å².